The average molecular weight is 164 g/mol. The Hall–Kier alpha value is -0.420. The maximum absolute atomic E-state index is 9.93. The molecule has 60 valence electrons. The highest BCUT2D eigenvalue weighted by Gasteiger charge is 2.02. The van der Waals surface area contributed by atoms with Gasteiger partial charge in [-0.05, 0) is 13.0 Å². The molecule has 0 spiro atoms. The zero-order valence-electron chi connectivity index (χ0n) is 5.58. The van der Waals surface area contributed by atoms with Crippen molar-refractivity contribution in [3.63, 3.8) is 0 Å². The third-order valence-electron chi connectivity index (χ3n) is 0.989. The van der Waals surface area contributed by atoms with E-state index in [1.165, 1.54) is 0 Å². The summed E-state index contributed by atoms with van der Waals surface area (Å²) in [5.74, 6) is 0. The van der Waals surface area contributed by atoms with Gasteiger partial charge in [0.2, 0.25) is 0 Å². The van der Waals surface area contributed by atoms with Crippen molar-refractivity contribution in [3.05, 3.63) is 0 Å². The van der Waals surface area contributed by atoms with Gasteiger partial charge in [-0.2, -0.15) is 12.6 Å². The summed E-state index contributed by atoms with van der Waals surface area (Å²) in [6.45, 7) is 0.894. The van der Waals surface area contributed by atoms with E-state index in [0.717, 1.165) is 6.42 Å². The number of carboxylic acid groups (broad SMARTS) is 1. The molecule has 10 heavy (non-hydrogen) atoms. The van der Waals surface area contributed by atoms with E-state index >= 15 is 0 Å². The first-order chi connectivity index (χ1) is 4.66. The van der Waals surface area contributed by atoms with Gasteiger partial charge in [-0.1, -0.05) is 0 Å². The lowest BCUT2D eigenvalue weighted by Gasteiger charge is -2.07. The molecular weight excluding hydrogens is 152 g/mol. The lowest BCUT2D eigenvalue weighted by molar-refractivity contribution is 0.194. The normalized spacial score (nSPS) is 12.6. The first kappa shape index (κ1) is 9.58. The Morgan fingerprint density at radius 1 is 1.80 bits per heavy atom. The molecule has 1 amide bonds. The summed E-state index contributed by atoms with van der Waals surface area (Å²) >= 11 is 4.08. The molecule has 0 rings (SSSR count). The molecule has 0 aromatic carbocycles. The summed E-state index contributed by atoms with van der Waals surface area (Å²) in [7, 11) is 0. The van der Waals surface area contributed by atoms with E-state index < -0.39 is 6.09 Å². The van der Waals surface area contributed by atoms with Crippen LogP contribution in [-0.4, -0.2) is 29.5 Å². The molecular formula is C5H12N2O2S. The van der Waals surface area contributed by atoms with Crippen molar-refractivity contribution in [2.24, 2.45) is 5.73 Å². The third kappa shape index (κ3) is 5.71. The fourth-order valence-electron chi connectivity index (χ4n) is 0.500. The smallest absolute Gasteiger partial charge is 0.404 e. The van der Waals surface area contributed by atoms with Gasteiger partial charge < -0.3 is 16.2 Å². The highest BCUT2D eigenvalue weighted by molar-refractivity contribution is 7.81. The molecule has 0 fully saturated rings. The van der Waals surface area contributed by atoms with E-state index in [1.54, 1.807) is 0 Å². The molecule has 0 aliphatic carbocycles. The Balaban J connectivity index is 3.21. The number of nitrogens with one attached hydrogen (secondary N) is 1. The number of amides is 1. The minimum absolute atomic E-state index is 0.0288. The van der Waals surface area contributed by atoms with E-state index in [9.17, 15) is 4.79 Å². The maximum Gasteiger partial charge on any atom is 0.404 e. The van der Waals surface area contributed by atoms with Gasteiger partial charge in [0, 0.05) is 11.8 Å². The molecule has 0 saturated heterocycles. The van der Waals surface area contributed by atoms with Crippen LogP contribution >= 0.6 is 12.6 Å². The minimum atomic E-state index is -1.02. The summed E-state index contributed by atoms with van der Waals surface area (Å²) in [5.41, 5.74) is 5.21. The van der Waals surface area contributed by atoms with Crippen LogP contribution in [0.1, 0.15) is 6.42 Å². The number of carbonyl (C=O) groups is 1. The van der Waals surface area contributed by atoms with Crippen molar-refractivity contribution >= 4 is 18.7 Å². The zero-order valence-corrected chi connectivity index (χ0v) is 6.47. The van der Waals surface area contributed by atoms with Gasteiger partial charge in [0.1, 0.15) is 0 Å². The van der Waals surface area contributed by atoms with Gasteiger partial charge in [0.15, 0.2) is 0 Å². The minimum Gasteiger partial charge on any atom is -0.465 e. The standard InChI is InChI=1S/C5H12N2O2S/c6-2-1-4(10)3-7-5(8)9/h4,7,10H,1-3,6H2,(H,8,9). The number of rotatable bonds is 4. The Morgan fingerprint density at radius 2 is 2.40 bits per heavy atom. The molecule has 4 N–H and O–H groups in total. The van der Waals surface area contributed by atoms with Crippen molar-refractivity contribution in [1.82, 2.24) is 5.32 Å². The molecule has 1 atom stereocenters. The second kappa shape index (κ2) is 5.37. The molecule has 0 bridgehead atoms. The Bertz CT molecular complexity index is 110. The summed E-state index contributed by atoms with van der Waals surface area (Å²) in [6, 6.07) is 0. The van der Waals surface area contributed by atoms with Crippen LogP contribution in [-0.2, 0) is 0 Å². The van der Waals surface area contributed by atoms with Crippen molar-refractivity contribution in [2.75, 3.05) is 13.1 Å². The third-order valence-corrected chi connectivity index (χ3v) is 1.43. The van der Waals surface area contributed by atoms with Gasteiger partial charge in [-0.3, -0.25) is 0 Å². The lowest BCUT2D eigenvalue weighted by atomic mass is 10.3. The van der Waals surface area contributed by atoms with Gasteiger partial charge in [0.05, 0.1) is 0 Å². The first-order valence-corrected chi connectivity index (χ1v) is 3.53. The maximum atomic E-state index is 9.93. The van der Waals surface area contributed by atoms with Crippen LogP contribution in [0.15, 0.2) is 0 Å². The van der Waals surface area contributed by atoms with Crippen LogP contribution in [0, 0.1) is 0 Å². The highest BCUT2D eigenvalue weighted by Crippen LogP contribution is 1.96. The van der Waals surface area contributed by atoms with E-state index in [-0.39, 0.29) is 5.25 Å². The van der Waals surface area contributed by atoms with Gasteiger partial charge >= 0.3 is 6.09 Å². The van der Waals surface area contributed by atoms with Crippen LogP contribution in [0.2, 0.25) is 0 Å². The van der Waals surface area contributed by atoms with Gasteiger partial charge in [-0.15, -0.1) is 0 Å². The molecule has 4 nitrogen and oxygen atoms in total. The fraction of sp³-hybridized carbons (Fsp3) is 0.800. The monoisotopic (exact) mass is 164 g/mol. The van der Waals surface area contributed by atoms with E-state index in [2.05, 4.69) is 17.9 Å². The van der Waals surface area contributed by atoms with Crippen molar-refractivity contribution in [3.8, 4) is 0 Å². The van der Waals surface area contributed by atoms with Crippen LogP contribution < -0.4 is 11.1 Å². The topological polar surface area (TPSA) is 75.3 Å². The molecule has 5 heteroatoms. The van der Waals surface area contributed by atoms with Crippen LogP contribution in [0.3, 0.4) is 0 Å². The number of thiol groups is 1. The Labute approximate surface area is 65.2 Å². The van der Waals surface area contributed by atoms with E-state index in [4.69, 9.17) is 10.8 Å². The van der Waals surface area contributed by atoms with Crippen molar-refractivity contribution < 1.29 is 9.90 Å². The van der Waals surface area contributed by atoms with Gasteiger partial charge in [0.25, 0.3) is 0 Å². The second-order valence-electron chi connectivity index (χ2n) is 1.92. The average Bonchev–Trinajstić information content (AvgIpc) is 1.85. The highest BCUT2D eigenvalue weighted by atomic mass is 32.1. The largest absolute Gasteiger partial charge is 0.465 e. The van der Waals surface area contributed by atoms with Crippen LogP contribution in [0.25, 0.3) is 0 Å². The Morgan fingerprint density at radius 3 is 2.80 bits per heavy atom. The van der Waals surface area contributed by atoms with Crippen LogP contribution in [0.5, 0.6) is 0 Å². The molecule has 0 aliphatic rings. The molecule has 0 radical (unpaired) electrons. The number of nitrogens with two attached hydrogens (primary N) is 1. The zero-order chi connectivity index (χ0) is 7.98. The summed E-state index contributed by atoms with van der Waals surface area (Å²) in [4.78, 5) is 9.93. The summed E-state index contributed by atoms with van der Waals surface area (Å²) in [5, 5.41) is 10.4. The molecule has 1 unspecified atom stereocenters. The molecule has 0 aromatic rings. The van der Waals surface area contributed by atoms with E-state index in [1.807, 2.05) is 0 Å². The van der Waals surface area contributed by atoms with E-state index in [0.29, 0.717) is 13.1 Å². The molecule has 0 aromatic heterocycles. The predicted molar refractivity (Wildman–Crippen MR) is 42.5 cm³/mol. The summed E-state index contributed by atoms with van der Waals surface area (Å²) in [6.07, 6.45) is -0.292. The van der Waals surface area contributed by atoms with Crippen molar-refractivity contribution in [1.29, 1.82) is 0 Å². The number of hydrogen-bond acceptors (Lipinski definition) is 3. The van der Waals surface area contributed by atoms with Gasteiger partial charge in [-0.25, -0.2) is 4.79 Å². The van der Waals surface area contributed by atoms with Crippen LogP contribution in [0.4, 0.5) is 4.79 Å². The number of hydrogen-bond donors (Lipinski definition) is 4. The molecule has 0 heterocycles. The molecule has 0 aliphatic heterocycles. The lowest BCUT2D eigenvalue weighted by Crippen LogP contribution is -2.29. The first-order valence-electron chi connectivity index (χ1n) is 3.01. The fourth-order valence-corrected chi connectivity index (χ4v) is 0.740. The SMILES string of the molecule is NCCC(S)CNC(=O)O. The molecule has 0 saturated carbocycles. The second-order valence-corrected chi connectivity index (χ2v) is 2.65. The van der Waals surface area contributed by atoms with Crippen molar-refractivity contribution in [2.45, 2.75) is 11.7 Å². The summed E-state index contributed by atoms with van der Waals surface area (Å²) < 4.78 is 0. The predicted octanol–water partition coefficient (Wildman–Crippen LogP) is -0.0988. The Kier molecular flexibility index (Phi) is 5.15. The quantitative estimate of drug-likeness (QED) is 0.438.